The van der Waals surface area contributed by atoms with Gasteiger partial charge < -0.3 is 10.5 Å². The van der Waals surface area contributed by atoms with E-state index in [4.69, 9.17) is 10.5 Å². The van der Waals surface area contributed by atoms with E-state index in [-0.39, 0.29) is 6.04 Å². The molecule has 0 bridgehead atoms. The van der Waals surface area contributed by atoms with Crippen molar-refractivity contribution < 1.29 is 4.74 Å². The second kappa shape index (κ2) is 9.16. The lowest BCUT2D eigenvalue weighted by molar-refractivity contribution is -0.0486. The van der Waals surface area contributed by atoms with E-state index < -0.39 is 8.07 Å². The second-order valence-corrected chi connectivity index (χ2v) is 17.5. The molecule has 3 aliphatic carbocycles. The third-order valence-electron chi connectivity index (χ3n) is 9.33. The smallest absolute Gasteiger partial charge is 0.0641 e. The molecular weight excluding hydrogens is 370 g/mol. The molecule has 2 N–H and O–H groups in total. The number of ether oxygens (including phenoxy) is 1. The minimum Gasteiger partial charge on any atom is -0.374 e. The van der Waals surface area contributed by atoms with Crippen LogP contribution in [0.2, 0.25) is 25.2 Å². The van der Waals surface area contributed by atoms with Crippen molar-refractivity contribution in [1.82, 2.24) is 0 Å². The molecule has 2 nitrogen and oxygen atoms in total. The van der Waals surface area contributed by atoms with Gasteiger partial charge in [0.05, 0.1) is 12.2 Å². The van der Waals surface area contributed by atoms with E-state index in [0.29, 0.717) is 18.1 Å². The van der Waals surface area contributed by atoms with Crippen LogP contribution in [0.3, 0.4) is 0 Å². The van der Waals surface area contributed by atoms with Crippen LogP contribution in [0.4, 0.5) is 0 Å². The Bertz CT molecular complexity index is 570. The average Bonchev–Trinajstić information content (AvgIpc) is 3.10. The van der Waals surface area contributed by atoms with Gasteiger partial charge in [-0.15, -0.1) is 0 Å². The van der Waals surface area contributed by atoms with Crippen molar-refractivity contribution in [2.24, 2.45) is 35.3 Å². The maximum atomic E-state index is 6.97. The van der Waals surface area contributed by atoms with Crippen LogP contribution in [-0.2, 0) is 4.74 Å². The largest absolute Gasteiger partial charge is 0.374 e. The summed E-state index contributed by atoms with van der Waals surface area (Å²) in [5.74, 6) is 3.93. The fraction of sp³-hybridized carbons (Fsp3) is 0.923. The maximum absolute atomic E-state index is 6.97. The molecule has 0 aromatic carbocycles. The highest BCUT2D eigenvalue weighted by Crippen LogP contribution is 2.55. The average molecular weight is 418 g/mol. The Kier molecular flexibility index (Phi) is 6.98. The molecule has 1 aliphatic heterocycles. The Morgan fingerprint density at radius 2 is 1.69 bits per heavy atom. The van der Waals surface area contributed by atoms with E-state index in [9.17, 15) is 0 Å². The van der Waals surface area contributed by atoms with Crippen LogP contribution >= 0.6 is 0 Å². The van der Waals surface area contributed by atoms with Gasteiger partial charge in [0.2, 0.25) is 0 Å². The highest BCUT2D eigenvalue weighted by Gasteiger charge is 2.54. The summed E-state index contributed by atoms with van der Waals surface area (Å²) in [4.78, 5) is 0. The summed E-state index contributed by atoms with van der Waals surface area (Å²) < 4.78 is 6.97. The van der Waals surface area contributed by atoms with Crippen LogP contribution in [0.1, 0.15) is 77.6 Å². The minimum atomic E-state index is -1.03. The Morgan fingerprint density at radius 1 is 0.966 bits per heavy atom. The summed E-state index contributed by atoms with van der Waals surface area (Å²) in [6, 6.07) is 0.233. The van der Waals surface area contributed by atoms with Crippen molar-refractivity contribution in [2.45, 2.75) is 121 Å². The van der Waals surface area contributed by atoms with Gasteiger partial charge in [0, 0.05) is 14.1 Å². The third-order valence-corrected chi connectivity index (χ3v) is 12.3. The summed E-state index contributed by atoms with van der Waals surface area (Å²) in [5.41, 5.74) is 7.75. The predicted octanol–water partition coefficient (Wildman–Crippen LogP) is 6.78. The van der Waals surface area contributed by atoms with E-state index in [1.165, 1.54) is 64.2 Å². The first-order chi connectivity index (χ1) is 13.9. The van der Waals surface area contributed by atoms with Crippen molar-refractivity contribution in [1.29, 1.82) is 0 Å². The molecule has 0 aromatic rings. The Labute approximate surface area is 181 Å². The van der Waals surface area contributed by atoms with Crippen molar-refractivity contribution >= 4 is 8.07 Å². The minimum absolute atomic E-state index is 0.233. The fourth-order valence-electron chi connectivity index (χ4n) is 7.81. The molecule has 1 heterocycles. The molecule has 0 spiro atoms. The van der Waals surface area contributed by atoms with E-state index in [1.807, 2.05) is 0 Å². The number of hydrogen-bond acceptors (Lipinski definition) is 2. The van der Waals surface area contributed by atoms with Crippen LogP contribution in [-0.4, -0.2) is 26.3 Å². The van der Waals surface area contributed by atoms with Crippen LogP contribution < -0.4 is 5.73 Å². The van der Waals surface area contributed by atoms with Crippen LogP contribution in [0, 0.1) is 29.6 Å². The third kappa shape index (κ3) is 4.57. The Hall–Kier alpha value is -0.123. The lowest BCUT2D eigenvalue weighted by Crippen LogP contribution is -2.44. The number of fused-ring (bicyclic) bond motifs is 3. The quantitative estimate of drug-likeness (QED) is 0.395. The van der Waals surface area contributed by atoms with Gasteiger partial charge in [-0.05, 0) is 73.7 Å². The van der Waals surface area contributed by atoms with Crippen LogP contribution in [0.25, 0.3) is 0 Å². The molecule has 0 amide bonds. The van der Waals surface area contributed by atoms with E-state index in [0.717, 1.165) is 35.6 Å². The second-order valence-electron chi connectivity index (χ2n) is 12.0. The molecular formula is C26H47NOSi. The molecule has 3 saturated carbocycles. The summed E-state index contributed by atoms with van der Waals surface area (Å²) in [6.45, 7) is 10.0. The predicted molar refractivity (Wildman–Crippen MR) is 127 cm³/mol. The lowest BCUT2D eigenvalue weighted by Gasteiger charge is -2.45. The van der Waals surface area contributed by atoms with Gasteiger partial charge >= 0.3 is 0 Å². The van der Waals surface area contributed by atoms with Gasteiger partial charge in [0.15, 0.2) is 0 Å². The zero-order chi connectivity index (χ0) is 20.6. The SMILES string of the molecule is CC/C=C\C(N)C1CCCC2OC3C(C4CCCC([Si](C)(C)C)C4)CCCC3C21. The molecule has 1 saturated heterocycles. The summed E-state index contributed by atoms with van der Waals surface area (Å²) >= 11 is 0. The molecule has 3 heteroatoms. The summed E-state index contributed by atoms with van der Waals surface area (Å²) in [6.07, 6.45) is 20.8. The molecule has 0 radical (unpaired) electrons. The molecule has 4 fully saturated rings. The highest BCUT2D eigenvalue weighted by molar-refractivity contribution is 6.77. The van der Waals surface area contributed by atoms with Crippen molar-refractivity contribution in [3.05, 3.63) is 12.2 Å². The van der Waals surface area contributed by atoms with Crippen molar-refractivity contribution in [3.63, 3.8) is 0 Å². The lowest BCUT2D eigenvalue weighted by atomic mass is 9.62. The van der Waals surface area contributed by atoms with Gasteiger partial charge in [0.1, 0.15) is 0 Å². The molecule has 29 heavy (non-hydrogen) atoms. The monoisotopic (exact) mass is 417 g/mol. The molecule has 9 atom stereocenters. The van der Waals surface area contributed by atoms with E-state index in [2.05, 4.69) is 38.7 Å². The van der Waals surface area contributed by atoms with Gasteiger partial charge in [-0.3, -0.25) is 0 Å². The van der Waals surface area contributed by atoms with Crippen LogP contribution in [0.5, 0.6) is 0 Å². The zero-order valence-electron chi connectivity index (χ0n) is 19.6. The number of rotatable bonds is 5. The summed E-state index contributed by atoms with van der Waals surface area (Å²) in [5, 5.41) is 0. The van der Waals surface area contributed by atoms with Crippen LogP contribution in [0.15, 0.2) is 12.2 Å². The summed E-state index contributed by atoms with van der Waals surface area (Å²) in [7, 11) is -1.03. The Morgan fingerprint density at radius 3 is 2.45 bits per heavy atom. The first-order valence-electron chi connectivity index (χ1n) is 13.0. The first-order valence-corrected chi connectivity index (χ1v) is 16.6. The van der Waals surface area contributed by atoms with Gasteiger partial charge in [0.25, 0.3) is 0 Å². The Balaban J connectivity index is 1.50. The van der Waals surface area contributed by atoms with Crippen molar-refractivity contribution in [3.8, 4) is 0 Å². The topological polar surface area (TPSA) is 35.2 Å². The highest BCUT2D eigenvalue weighted by atomic mass is 28.3. The van der Waals surface area contributed by atoms with Gasteiger partial charge in [-0.1, -0.05) is 70.8 Å². The van der Waals surface area contributed by atoms with E-state index >= 15 is 0 Å². The number of hydrogen-bond donors (Lipinski definition) is 1. The molecule has 166 valence electrons. The zero-order valence-corrected chi connectivity index (χ0v) is 20.6. The molecule has 4 rings (SSSR count). The van der Waals surface area contributed by atoms with Gasteiger partial charge in [-0.25, -0.2) is 0 Å². The molecule has 0 aromatic heterocycles. The van der Waals surface area contributed by atoms with Gasteiger partial charge in [-0.2, -0.15) is 0 Å². The maximum Gasteiger partial charge on any atom is 0.0641 e. The normalized spacial score (nSPS) is 44.4. The standard InChI is InChI=1S/C26H47NOSi/c1-5-6-15-23(27)21-13-9-16-24-25(21)22-14-8-12-20(26(22)28-24)18-10-7-11-19(17-18)29(2,3)4/h6,15,18-26H,5,7-14,16-17,27H2,1-4H3/b15-6-. The van der Waals surface area contributed by atoms with Crippen molar-refractivity contribution in [2.75, 3.05) is 0 Å². The number of nitrogens with two attached hydrogens (primary N) is 1. The molecule has 9 unspecified atom stereocenters. The fourth-order valence-corrected chi connectivity index (χ4v) is 9.89. The van der Waals surface area contributed by atoms with E-state index in [1.54, 1.807) is 0 Å². The molecule has 4 aliphatic rings. The first kappa shape index (κ1) is 22.1. The number of allylic oxidation sites excluding steroid dienone is 1.